The van der Waals surface area contributed by atoms with Gasteiger partial charge < -0.3 is 15.5 Å². The molecule has 0 bridgehead atoms. The molecule has 332 valence electrons. The molecule has 57 heavy (non-hydrogen) atoms. The molecular formula is C53H97NO3. The van der Waals surface area contributed by atoms with Gasteiger partial charge in [-0.15, -0.1) is 0 Å². The van der Waals surface area contributed by atoms with E-state index in [-0.39, 0.29) is 12.5 Å². The normalized spacial score (nSPS) is 13.4. The van der Waals surface area contributed by atoms with E-state index in [0.29, 0.717) is 6.42 Å². The molecule has 0 aliphatic carbocycles. The summed E-state index contributed by atoms with van der Waals surface area (Å²) in [4.78, 5) is 12.4. The van der Waals surface area contributed by atoms with E-state index < -0.39 is 12.1 Å². The highest BCUT2D eigenvalue weighted by molar-refractivity contribution is 5.76. The molecule has 0 fully saturated rings. The molecule has 0 aromatic heterocycles. The summed E-state index contributed by atoms with van der Waals surface area (Å²) in [5.41, 5.74) is 0. The largest absolute Gasteiger partial charge is 0.394 e. The predicted molar refractivity (Wildman–Crippen MR) is 253 cm³/mol. The van der Waals surface area contributed by atoms with E-state index in [1.54, 1.807) is 6.08 Å². The van der Waals surface area contributed by atoms with Crippen LogP contribution in [0.15, 0.2) is 60.8 Å². The molecule has 0 aliphatic rings. The number of nitrogens with one attached hydrogen (secondary N) is 1. The number of rotatable bonds is 45. The molecule has 2 unspecified atom stereocenters. The van der Waals surface area contributed by atoms with Crippen LogP contribution in [-0.2, 0) is 4.79 Å². The summed E-state index contributed by atoms with van der Waals surface area (Å²) < 4.78 is 0. The van der Waals surface area contributed by atoms with Crippen LogP contribution in [0.4, 0.5) is 0 Å². The van der Waals surface area contributed by atoms with Gasteiger partial charge in [0.15, 0.2) is 0 Å². The van der Waals surface area contributed by atoms with Crippen LogP contribution in [-0.4, -0.2) is 34.9 Å². The summed E-state index contributed by atoms with van der Waals surface area (Å²) in [5, 5.41) is 23.1. The monoisotopic (exact) mass is 796 g/mol. The fourth-order valence-electron chi connectivity index (χ4n) is 7.36. The van der Waals surface area contributed by atoms with Crippen LogP contribution in [0.3, 0.4) is 0 Å². The Labute approximate surface area is 356 Å². The fraction of sp³-hybridized carbons (Fsp3) is 0.792. The van der Waals surface area contributed by atoms with Gasteiger partial charge in [-0.3, -0.25) is 4.79 Å². The quantitative estimate of drug-likeness (QED) is 0.0425. The van der Waals surface area contributed by atoms with E-state index in [4.69, 9.17) is 0 Å². The van der Waals surface area contributed by atoms with Crippen LogP contribution < -0.4 is 5.32 Å². The third kappa shape index (κ3) is 45.0. The molecule has 4 heteroatoms. The van der Waals surface area contributed by atoms with Gasteiger partial charge in [0.1, 0.15) is 0 Å². The van der Waals surface area contributed by atoms with E-state index in [1.165, 1.54) is 186 Å². The Hall–Kier alpha value is -1.91. The van der Waals surface area contributed by atoms with Gasteiger partial charge in [-0.1, -0.05) is 229 Å². The van der Waals surface area contributed by atoms with Crippen LogP contribution in [0.5, 0.6) is 0 Å². The fourth-order valence-corrected chi connectivity index (χ4v) is 7.36. The zero-order chi connectivity index (χ0) is 41.4. The van der Waals surface area contributed by atoms with Gasteiger partial charge in [0.05, 0.1) is 18.8 Å². The Balaban J connectivity index is 3.61. The minimum absolute atomic E-state index is 0.0802. The average molecular weight is 796 g/mol. The Bertz CT molecular complexity index is 950. The summed E-state index contributed by atoms with van der Waals surface area (Å²) in [6.07, 6.45) is 67.8. The first-order valence-electron chi connectivity index (χ1n) is 25.0. The number of allylic oxidation sites excluding steroid dienone is 9. The van der Waals surface area contributed by atoms with Crippen molar-refractivity contribution in [1.82, 2.24) is 5.32 Å². The summed E-state index contributed by atoms with van der Waals surface area (Å²) in [7, 11) is 0. The Morgan fingerprint density at radius 1 is 0.421 bits per heavy atom. The number of unbranched alkanes of at least 4 members (excludes halogenated alkanes) is 30. The van der Waals surface area contributed by atoms with Gasteiger partial charge in [-0.05, 0) is 77.0 Å². The Kier molecular flexibility index (Phi) is 46.8. The number of carbonyl (C=O) groups excluding carboxylic acids is 1. The van der Waals surface area contributed by atoms with Crippen molar-refractivity contribution in [2.45, 2.75) is 264 Å². The van der Waals surface area contributed by atoms with Gasteiger partial charge >= 0.3 is 0 Å². The number of amides is 1. The zero-order valence-electron chi connectivity index (χ0n) is 38.1. The second-order valence-corrected chi connectivity index (χ2v) is 16.9. The summed E-state index contributed by atoms with van der Waals surface area (Å²) in [6, 6.07) is -0.649. The topological polar surface area (TPSA) is 69.6 Å². The number of aliphatic hydroxyl groups excluding tert-OH is 2. The van der Waals surface area contributed by atoms with E-state index >= 15 is 0 Å². The minimum Gasteiger partial charge on any atom is -0.394 e. The molecule has 0 saturated heterocycles. The molecule has 0 heterocycles. The van der Waals surface area contributed by atoms with Crippen LogP contribution >= 0.6 is 0 Å². The van der Waals surface area contributed by atoms with Crippen molar-refractivity contribution in [3.63, 3.8) is 0 Å². The van der Waals surface area contributed by atoms with E-state index in [0.717, 1.165) is 44.9 Å². The van der Waals surface area contributed by atoms with E-state index in [1.807, 2.05) is 6.08 Å². The number of hydrogen-bond acceptors (Lipinski definition) is 3. The SMILES string of the molecule is CCCCCCC/C=C\C/C=C\CCCCCCCCCCCCCC(=O)NC(CO)C(O)/C=C/CC/C=C/CC/C=C/CCCCCCCCCCCCCC. The first-order chi connectivity index (χ1) is 28.2. The molecule has 0 aromatic rings. The van der Waals surface area contributed by atoms with Crippen molar-refractivity contribution in [3.8, 4) is 0 Å². The molecule has 4 nitrogen and oxygen atoms in total. The Morgan fingerprint density at radius 2 is 0.737 bits per heavy atom. The van der Waals surface area contributed by atoms with Gasteiger partial charge in [-0.25, -0.2) is 0 Å². The van der Waals surface area contributed by atoms with Crippen LogP contribution in [0, 0.1) is 0 Å². The molecule has 1 amide bonds. The van der Waals surface area contributed by atoms with Crippen LogP contribution in [0.2, 0.25) is 0 Å². The molecule has 0 aliphatic heterocycles. The molecule has 0 spiro atoms. The van der Waals surface area contributed by atoms with Crippen molar-refractivity contribution in [1.29, 1.82) is 0 Å². The number of hydrogen-bond donors (Lipinski definition) is 3. The first-order valence-corrected chi connectivity index (χ1v) is 25.0. The molecule has 0 rings (SSSR count). The zero-order valence-corrected chi connectivity index (χ0v) is 38.1. The van der Waals surface area contributed by atoms with E-state index in [2.05, 4.69) is 67.8 Å². The highest BCUT2D eigenvalue weighted by Gasteiger charge is 2.17. The second-order valence-electron chi connectivity index (χ2n) is 16.9. The molecule has 0 saturated carbocycles. The standard InChI is InChI=1S/C53H97NO3/c1-3-5-7-9-11-13-15-17-19-21-23-25-27-29-31-33-35-37-39-41-43-45-47-49-53(57)54-51(50-55)52(56)48-46-44-42-40-38-36-34-32-30-28-26-24-22-20-18-16-14-12-10-8-6-4-2/h15,17,21,23,30,32,38,40,46,48,51-52,55-56H,3-14,16,18-20,22,24-29,31,33-37,39,41-45,47,49-50H2,1-2H3,(H,54,57)/b17-15-,23-21-,32-30+,40-38+,48-46+. The van der Waals surface area contributed by atoms with Crippen molar-refractivity contribution in [2.75, 3.05) is 6.61 Å². The highest BCUT2D eigenvalue weighted by Crippen LogP contribution is 2.15. The maximum Gasteiger partial charge on any atom is 0.220 e. The van der Waals surface area contributed by atoms with Crippen LogP contribution in [0.1, 0.15) is 251 Å². The smallest absolute Gasteiger partial charge is 0.220 e. The predicted octanol–water partition coefficient (Wildman–Crippen LogP) is 16.1. The molecule has 3 N–H and O–H groups in total. The van der Waals surface area contributed by atoms with Crippen molar-refractivity contribution < 1.29 is 15.0 Å². The van der Waals surface area contributed by atoms with Crippen molar-refractivity contribution in [2.24, 2.45) is 0 Å². The number of carbonyl (C=O) groups is 1. The highest BCUT2D eigenvalue weighted by atomic mass is 16.3. The summed E-state index contributed by atoms with van der Waals surface area (Å²) >= 11 is 0. The van der Waals surface area contributed by atoms with Gasteiger partial charge in [-0.2, -0.15) is 0 Å². The lowest BCUT2D eigenvalue weighted by Gasteiger charge is -2.19. The molecule has 2 atom stereocenters. The number of aliphatic hydroxyl groups is 2. The van der Waals surface area contributed by atoms with Crippen LogP contribution in [0.25, 0.3) is 0 Å². The lowest BCUT2D eigenvalue weighted by Crippen LogP contribution is -2.45. The lowest BCUT2D eigenvalue weighted by atomic mass is 10.0. The third-order valence-corrected chi connectivity index (χ3v) is 11.2. The second kappa shape index (κ2) is 48.5. The van der Waals surface area contributed by atoms with Gasteiger partial charge in [0.2, 0.25) is 5.91 Å². The van der Waals surface area contributed by atoms with E-state index in [9.17, 15) is 15.0 Å². The lowest BCUT2D eigenvalue weighted by molar-refractivity contribution is -0.123. The summed E-state index contributed by atoms with van der Waals surface area (Å²) in [6.45, 7) is 4.29. The molecule has 0 radical (unpaired) electrons. The summed E-state index contributed by atoms with van der Waals surface area (Å²) in [5.74, 6) is -0.0802. The molecule has 0 aromatic carbocycles. The van der Waals surface area contributed by atoms with Crippen molar-refractivity contribution in [3.05, 3.63) is 60.8 Å². The Morgan fingerprint density at radius 3 is 1.12 bits per heavy atom. The average Bonchev–Trinajstić information content (AvgIpc) is 3.22. The maximum atomic E-state index is 12.4. The third-order valence-electron chi connectivity index (χ3n) is 11.2. The van der Waals surface area contributed by atoms with Gasteiger partial charge in [0, 0.05) is 6.42 Å². The van der Waals surface area contributed by atoms with Crippen molar-refractivity contribution >= 4 is 5.91 Å². The first kappa shape index (κ1) is 55.1. The van der Waals surface area contributed by atoms with Gasteiger partial charge in [0.25, 0.3) is 0 Å². The molecular weight excluding hydrogens is 699 g/mol. The maximum absolute atomic E-state index is 12.4. The minimum atomic E-state index is -0.873.